The Morgan fingerprint density at radius 2 is 2.38 bits per heavy atom. The second-order valence-corrected chi connectivity index (χ2v) is 4.90. The summed E-state index contributed by atoms with van der Waals surface area (Å²) in [6.07, 6.45) is 4.08. The van der Waals surface area contributed by atoms with Crippen molar-refractivity contribution in [2.45, 2.75) is 32.2 Å². The molecule has 0 spiro atoms. The fraction of sp³-hybridized carbons (Fsp3) is 0.455. The molecule has 2 rings (SSSR count). The number of halogens is 1. The highest BCUT2D eigenvalue weighted by Crippen LogP contribution is 2.13. The van der Waals surface area contributed by atoms with E-state index in [1.165, 1.54) is 5.01 Å². The monoisotopic (exact) mass is 255 g/mol. The molecular weight excluding hydrogens is 242 g/mol. The average Bonchev–Trinajstić information content (AvgIpc) is 2.88. The molecule has 0 aliphatic heterocycles. The molecule has 2 aromatic heterocycles. The van der Waals surface area contributed by atoms with Crippen LogP contribution in [-0.4, -0.2) is 14.8 Å². The Bertz CT molecular complexity index is 450. The van der Waals surface area contributed by atoms with Gasteiger partial charge in [0.05, 0.1) is 22.3 Å². The second-order valence-electron chi connectivity index (χ2n) is 3.69. The van der Waals surface area contributed by atoms with E-state index in [-0.39, 0.29) is 0 Å². The zero-order valence-electron chi connectivity index (χ0n) is 9.19. The Labute approximate surface area is 104 Å². The molecule has 0 atom stereocenters. The van der Waals surface area contributed by atoms with E-state index in [0.717, 1.165) is 30.8 Å². The predicted molar refractivity (Wildman–Crippen MR) is 67.0 cm³/mol. The SMILES string of the molecule is Cc1ccn(CCCc2nc(CCl)cs2)n1. The summed E-state index contributed by atoms with van der Waals surface area (Å²) in [6.45, 7) is 2.95. The Morgan fingerprint density at radius 3 is 3.00 bits per heavy atom. The van der Waals surface area contributed by atoms with Gasteiger partial charge in [0.15, 0.2) is 0 Å². The summed E-state index contributed by atoms with van der Waals surface area (Å²) in [5.74, 6) is 0.509. The molecule has 0 aromatic carbocycles. The summed E-state index contributed by atoms with van der Waals surface area (Å²) in [4.78, 5) is 4.42. The first-order chi connectivity index (χ1) is 7.78. The summed E-state index contributed by atoms with van der Waals surface area (Å²) >= 11 is 7.39. The van der Waals surface area contributed by atoms with Crippen LogP contribution in [0.1, 0.15) is 22.8 Å². The van der Waals surface area contributed by atoms with E-state index in [0.29, 0.717) is 5.88 Å². The van der Waals surface area contributed by atoms with Crippen molar-refractivity contribution < 1.29 is 0 Å². The van der Waals surface area contributed by atoms with Crippen molar-refractivity contribution in [3.63, 3.8) is 0 Å². The van der Waals surface area contributed by atoms with Gasteiger partial charge in [-0.05, 0) is 19.4 Å². The fourth-order valence-electron chi connectivity index (χ4n) is 1.51. The van der Waals surface area contributed by atoms with E-state index in [2.05, 4.69) is 10.1 Å². The molecule has 0 saturated heterocycles. The fourth-order valence-corrected chi connectivity index (χ4v) is 2.57. The topological polar surface area (TPSA) is 30.7 Å². The van der Waals surface area contributed by atoms with E-state index in [1.807, 2.05) is 29.2 Å². The number of hydrogen-bond acceptors (Lipinski definition) is 3. The molecule has 0 N–H and O–H groups in total. The van der Waals surface area contributed by atoms with E-state index < -0.39 is 0 Å². The molecule has 0 aliphatic carbocycles. The Kier molecular flexibility index (Phi) is 3.96. The molecule has 3 nitrogen and oxygen atoms in total. The van der Waals surface area contributed by atoms with Crippen molar-refractivity contribution in [1.82, 2.24) is 14.8 Å². The minimum Gasteiger partial charge on any atom is -0.272 e. The molecule has 2 aromatic rings. The van der Waals surface area contributed by atoms with Gasteiger partial charge in [0.25, 0.3) is 0 Å². The van der Waals surface area contributed by atoms with Crippen molar-refractivity contribution >= 4 is 22.9 Å². The number of rotatable bonds is 5. The van der Waals surface area contributed by atoms with Gasteiger partial charge in [-0.1, -0.05) is 0 Å². The third kappa shape index (κ3) is 3.06. The van der Waals surface area contributed by atoms with Crippen molar-refractivity contribution in [3.8, 4) is 0 Å². The lowest BCUT2D eigenvalue weighted by Gasteiger charge is -1.99. The summed E-state index contributed by atoms with van der Waals surface area (Å²) in [6, 6.07) is 2.02. The van der Waals surface area contributed by atoms with Crippen LogP contribution in [0.25, 0.3) is 0 Å². The minimum atomic E-state index is 0.509. The molecule has 5 heteroatoms. The highest BCUT2D eigenvalue weighted by atomic mass is 35.5. The van der Waals surface area contributed by atoms with E-state index >= 15 is 0 Å². The third-order valence-corrected chi connectivity index (χ3v) is 3.52. The number of aryl methyl sites for hydroxylation is 3. The second kappa shape index (κ2) is 5.46. The highest BCUT2D eigenvalue weighted by molar-refractivity contribution is 7.09. The first kappa shape index (κ1) is 11.6. The van der Waals surface area contributed by atoms with Crippen LogP contribution in [0.4, 0.5) is 0 Å². The number of alkyl halides is 1. The standard InChI is InChI=1S/C11H14ClN3S/c1-9-4-6-15(14-9)5-2-3-11-13-10(7-12)8-16-11/h4,6,8H,2-3,5,7H2,1H3. The van der Waals surface area contributed by atoms with Crippen molar-refractivity contribution in [2.75, 3.05) is 0 Å². The quantitative estimate of drug-likeness (QED) is 0.769. The lowest BCUT2D eigenvalue weighted by atomic mass is 10.3. The van der Waals surface area contributed by atoms with Gasteiger partial charge in [-0.3, -0.25) is 4.68 Å². The zero-order valence-corrected chi connectivity index (χ0v) is 10.8. The van der Waals surface area contributed by atoms with Crippen LogP contribution in [0.15, 0.2) is 17.6 Å². The van der Waals surface area contributed by atoms with Gasteiger partial charge >= 0.3 is 0 Å². The van der Waals surface area contributed by atoms with Gasteiger partial charge in [-0.15, -0.1) is 22.9 Å². The van der Waals surface area contributed by atoms with Gasteiger partial charge in [-0.2, -0.15) is 5.10 Å². The maximum atomic E-state index is 5.70. The Hall–Kier alpha value is -0.870. The molecule has 0 amide bonds. The molecule has 0 saturated carbocycles. The maximum absolute atomic E-state index is 5.70. The number of hydrogen-bond donors (Lipinski definition) is 0. The van der Waals surface area contributed by atoms with Gasteiger partial charge in [0, 0.05) is 24.5 Å². The summed E-state index contributed by atoms with van der Waals surface area (Å²) in [5.41, 5.74) is 2.05. The van der Waals surface area contributed by atoms with E-state index in [9.17, 15) is 0 Å². The number of nitrogens with zero attached hydrogens (tertiary/aromatic N) is 3. The molecular formula is C11H14ClN3S. The van der Waals surface area contributed by atoms with Gasteiger partial charge in [-0.25, -0.2) is 4.98 Å². The Morgan fingerprint density at radius 1 is 1.50 bits per heavy atom. The lowest BCUT2D eigenvalue weighted by molar-refractivity contribution is 0.574. The van der Waals surface area contributed by atoms with Gasteiger partial charge < -0.3 is 0 Å². The minimum absolute atomic E-state index is 0.509. The number of aromatic nitrogens is 3. The zero-order chi connectivity index (χ0) is 11.4. The molecule has 0 radical (unpaired) electrons. The van der Waals surface area contributed by atoms with Crippen LogP contribution >= 0.6 is 22.9 Å². The normalized spacial score (nSPS) is 10.9. The van der Waals surface area contributed by atoms with Crippen LogP contribution in [0.2, 0.25) is 0 Å². The molecule has 0 bridgehead atoms. The molecule has 0 fully saturated rings. The Balaban J connectivity index is 1.79. The van der Waals surface area contributed by atoms with Crippen molar-refractivity contribution in [1.29, 1.82) is 0 Å². The maximum Gasteiger partial charge on any atom is 0.0929 e. The van der Waals surface area contributed by atoms with Gasteiger partial charge in [0.2, 0.25) is 0 Å². The predicted octanol–water partition coefficient (Wildman–Crippen LogP) is 3.02. The lowest BCUT2D eigenvalue weighted by Crippen LogP contribution is -2.00. The molecule has 86 valence electrons. The average molecular weight is 256 g/mol. The van der Waals surface area contributed by atoms with Crippen LogP contribution in [0, 0.1) is 6.92 Å². The van der Waals surface area contributed by atoms with Crippen LogP contribution in [0.3, 0.4) is 0 Å². The van der Waals surface area contributed by atoms with Crippen LogP contribution < -0.4 is 0 Å². The van der Waals surface area contributed by atoms with Crippen LogP contribution in [-0.2, 0) is 18.8 Å². The molecule has 0 unspecified atom stereocenters. The summed E-state index contributed by atoms with van der Waals surface area (Å²) < 4.78 is 1.98. The summed E-state index contributed by atoms with van der Waals surface area (Å²) in [5, 5.41) is 7.54. The highest BCUT2D eigenvalue weighted by Gasteiger charge is 2.01. The van der Waals surface area contributed by atoms with Crippen molar-refractivity contribution in [3.05, 3.63) is 34.0 Å². The number of thiazole rings is 1. The molecule has 2 heterocycles. The van der Waals surface area contributed by atoms with E-state index in [4.69, 9.17) is 11.6 Å². The largest absolute Gasteiger partial charge is 0.272 e. The van der Waals surface area contributed by atoms with Gasteiger partial charge in [0.1, 0.15) is 0 Å². The smallest absolute Gasteiger partial charge is 0.0929 e. The van der Waals surface area contributed by atoms with Crippen LogP contribution in [0.5, 0.6) is 0 Å². The van der Waals surface area contributed by atoms with E-state index in [1.54, 1.807) is 11.3 Å². The first-order valence-electron chi connectivity index (χ1n) is 5.27. The summed E-state index contributed by atoms with van der Waals surface area (Å²) in [7, 11) is 0. The third-order valence-electron chi connectivity index (χ3n) is 2.29. The molecule has 0 aliphatic rings. The first-order valence-corrected chi connectivity index (χ1v) is 6.68. The molecule has 16 heavy (non-hydrogen) atoms. The van der Waals surface area contributed by atoms with Crippen molar-refractivity contribution in [2.24, 2.45) is 0 Å².